The van der Waals surface area contributed by atoms with Crippen molar-refractivity contribution in [2.75, 3.05) is 13.1 Å². The lowest BCUT2D eigenvalue weighted by Gasteiger charge is -2.31. The predicted octanol–water partition coefficient (Wildman–Crippen LogP) is 4.34. The molecule has 1 aliphatic heterocycles. The Hall–Kier alpha value is -1.70. The third kappa shape index (κ3) is 6.65. The van der Waals surface area contributed by atoms with Crippen LogP contribution in [0, 0.1) is 5.92 Å². The van der Waals surface area contributed by atoms with Crippen LogP contribution in [-0.2, 0) is 14.4 Å². The summed E-state index contributed by atoms with van der Waals surface area (Å²) in [6.07, 6.45) is 4.09. The highest BCUT2D eigenvalue weighted by Gasteiger charge is 2.28. The molecule has 2 rings (SSSR count). The number of carboxylic acids is 1. The van der Waals surface area contributed by atoms with Crippen molar-refractivity contribution in [1.82, 2.24) is 10.2 Å². The SMILES string of the molecule is CC(C)Sc1ccc(C=CC(=O)N2CCC(C(=O)NC(C)C(=O)O)CC2)c(Cl)c1Cl. The first-order chi connectivity index (χ1) is 14.1. The summed E-state index contributed by atoms with van der Waals surface area (Å²) in [5, 5.41) is 12.6. The molecule has 2 N–H and O–H groups in total. The normalized spacial score (nSPS) is 16.1. The molecule has 1 heterocycles. The zero-order valence-electron chi connectivity index (χ0n) is 17.2. The molecule has 0 aliphatic carbocycles. The van der Waals surface area contributed by atoms with Gasteiger partial charge in [0.1, 0.15) is 6.04 Å². The Morgan fingerprint density at radius 1 is 1.17 bits per heavy atom. The number of hydrogen-bond acceptors (Lipinski definition) is 4. The van der Waals surface area contributed by atoms with Crippen molar-refractivity contribution in [3.8, 4) is 0 Å². The highest BCUT2D eigenvalue weighted by molar-refractivity contribution is 8.00. The van der Waals surface area contributed by atoms with Crippen LogP contribution in [0.5, 0.6) is 0 Å². The molecule has 0 aromatic heterocycles. The number of likely N-dealkylation sites (tertiary alicyclic amines) is 1. The summed E-state index contributed by atoms with van der Waals surface area (Å²) in [5.41, 5.74) is 0.667. The van der Waals surface area contributed by atoms with Crippen LogP contribution < -0.4 is 5.32 Å². The number of halogens is 2. The minimum Gasteiger partial charge on any atom is -0.480 e. The van der Waals surface area contributed by atoms with Gasteiger partial charge < -0.3 is 15.3 Å². The van der Waals surface area contributed by atoms with Crippen LogP contribution >= 0.6 is 35.0 Å². The number of carbonyl (C=O) groups is 3. The Labute approximate surface area is 191 Å². The quantitative estimate of drug-likeness (QED) is 0.455. The number of piperidine rings is 1. The Morgan fingerprint density at radius 2 is 1.80 bits per heavy atom. The number of amides is 2. The van der Waals surface area contributed by atoms with Crippen molar-refractivity contribution in [1.29, 1.82) is 0 Å². The number of aliphatic carboxylic acids is 1. The smallest absolute Gasteiger partial charge is 0.325 e. The molecule has 0 spiro atoms. The van der Waals surface area contributed by atoms with Gasteiger partial charge >= 0.3 is 5.97 Å². The van der Waals surface area contributed by atoms with Crippen molar-refractivity contribution >= 4 is 58.8 Å². The van der Waals surface area contributed by atoms with Gasteiger partial charge in [0.15, 0.2) is 0 Å². The topological polar surface area (TPSA) is 86.7 Å². The second-order valence-electron chi connectivity index (χ2n) is 7.45. The van der Waals surface area contributed by atoms with E-state index >= 15 is 0 Å². The lowest BCUT2D eigenvalue weighted by atomic mass is 9.95. The zero-order valence-corrected chi connectivity index (χ0v) is 19.5. The van der Waals surface area contributed by atoms with Crippen molar-refractivity contribution in [3.63, 3.8) is 0 Å². The van der Waals surface area contributed by atoms with E-state index in [2.05, 4.69) is 19.2 Å². The van der Waals surface area contributed by atoms with Crippen molar-refractivity contribution < 1.29 is 19.5 Å². The molecule has 1 aromatic carbocycles. The highest BCUT2D eigenvalue weighted by atomic mass is 35.5. The molecule has 0 radical (unpaired) electrons. The van der Waals surface area contributed by atoms with Gasteiger partial charge in [0, 0.05) is 35.2 Å². The van der Waals surface area contributed by atoms with Gasteiger partial charge in [-0.15, -0.1) is 11.8 Å². The molecule has 2 amide bonds. The number of hydrogen-bond donors (Lipinski definition) is 2. The summed E-state index contributed by atoms with van der Waals surface area (Å²) in [5.74, 6) is -1.82. The highest BCUT2D eigenvalue weighted by Crippen LogP contribution is 2.37. The van der Waals surface area contributed by atoms with Crippen LogP contribution in [0.1, 0.15) is 39.2 Å². The van der Waals surface area contributed by atoms with E-state index in [0.29, 0.717) is 46.8 Å². The third-order valence-corrected chi connectivity index (χ3v) is 6.83. The van der Waals surface area contributed by atoms with Crippen molar-refractivity contribution in [2.45, 2.75) is 49.8 Å². The maximum absolute atomic E-state index is 12.5. The molecular formula is C21H26Cl2N2O4S. The van der Waals surface area contributed by atoms with Gasteiger partial charge in [-0.3, -0.25) is 14.4 Å². The van der Waals surface area contributed by atoms with E-state index in [1.807, 2.05) is 12.1 Å². The number of nitrogens with one attached hydrogen (secondary N) is 1. The summed E-state index contributed by atoms with van der Waals surface area (Å²) >= 11 is 14.3. The van der Waals surface area contributed by atoms with Gasteiger partial charge in [-0.25, -0.2) is 0 Å². The van der Waals surface area contributed by atoms with E-state index in [-0.39, 0.29) is 17.7 Å². The number of rotatable bonds is 7. The molecule has 0 saturated carbocycles. The molecule has 1 saturated heterocycles. The van der Waals surface area contributed by atoms with Gasteiger partial charge in [0.2, 0.25) is 11.8 Å². The Bertz CT molecular complexity index is 837. The summed E-state index contributed by atoms with van der Waals surface area (Å²) in [6.45, 7) is 6.43. The number of benzene rings is 1. The van der Waals surface area contributed by atoms with Gasteiger partial charge in [-0.1, -0.05) is 43.1 Å². The molecule has 9 heteroatoms. The fourth-order valence-corrected chi connectivity index (χ4v) is 4.49. The molecular weight excluding hydrogens is 447 g/mol. The van der Waals surface area contributed by atoms with Crippen LogP contribution in [0.25, 0.3) is 6.08 Å². The zero-order chi connectivity index (χ0) is 22.4. The monoisotopic (exact) mass is 472 g/mol. The van der Waals surface area contributed by atoms with Gasteiger partial charge in [0.05, 0.1) is 10.0 Å². The first-order valence-corrected chi connectivity index (χ1v) is 11.4. The minimum absolute atomic E-state index is 0.166. The Morgan fingerprint density at radius 3 is 2.37 bits per heavy atom. The van der Waals surface area contributed by atoms with E-state index in [0.717, 1.165) is 4.90 Å². The van der Waals surface area contributed by atoms with Crippen molar-refractivity contribution in [2.24, 2.45) is 5.92 Å². The second kappa shape index (κ2) is 11.1. The van der Waals surface area contributed by atoms with E-state index in [1.165, 1.54) is 13.0 Å². The molecule has 1 aliphatic rings. The maximum Gasteiger partial charge on any atom is 0.325 e. The first kappa shape index (κ1) is 24.6. The molecule has 1 fully saturated rings. The van der Waals surface area contributed by atoms with Crippen LogP contribution in [-0.4, -0.2) is 52.2 Å². The van der Waals surface area contributed by atoms with Crippen molar-refractivity contribution in [3.05, 3.63) is 33.8 Å². The third-order valence-electron chi connectivity index (χ3n) is 4.75. The predicted molar refractivity (Wildman–Crippen MR) is 121 cm³/mol. The molecule has 1 aromatic rings. The summed E-state index contributed by atoms with van der Waals surface area (Å²) in [7, 11) is 0. The van der Waals surface area contributed by atoms with E-state index < -0.39 is 12.0 Å². The van der Waals surface area contributed by atoms with Gasteiger partial charge in [0.25, 0.3) is 0 Å². The van der Waals surface area contributed by atoms with E-state index in [1.54, 1.807) is 22.7 Å². The van der Waals surface area contributed by atoms with E-state index in [4.69, 9.17) is 28.3 Å². The summed E-state index contributed by atoms with van der Waals surface area (Å²) in [4.78, 5) is 38.1. The largest absolute Gasteiger partial charge is 0.480 e. The molecule has 0 bridgehead atoms. The van der Waals surface area contributed by atoms with Gasteiger partial charge in [-0.05, 0) is 37.5 Å². The summed E-state index contributed by atoms with van der Waals surface area (Å²) in [6, 6.07) is 2.80. The molecule has 30 heavy (non-hydrogen) atoms. The lowest BCUT2D eigenvalue weighted by molar-refractivity contribution is -0.142. The van der Waals surface area contributed by atoms with Gasteiger partial charge in [-0.2, -0.15) is 0 Å². The molecule has 1 atom stereocenters. The van der Waals surface area contributed by atoms with Crippen LogP contribution in [0.4, 0.5) is 0 Å². The molecule has 164 valence electrons. The molecule has 1 unspecified atom stereocenters. The fourth-order valence-electron chi connectivity index (χ4n) is 3.04. The first-order valence-electron chi connectivity index (χ1n) is 9.75. The minimum atomic E-state index is -1.07. The van der Waals surface area contributed by atoms with Crippen LogP contribution in [0.15, 0.2) is 23.1 Å². The number of thioether (sulfide) groups is 1. The standard InChI is InChI=1S/C21H26Cl2N2O4S/c1-12(2)30-16-6-4-14(18(22)19(16)23)5-7-17(26)25-10-8-15(9-11-25)20(27)24-13(3)21(28)29/h4-7,12-13,15H,8-11H2,1-3H3,(H,24,27)(H,28,29). The average molecular weight is 473 g/mol. The number of nitrogens with zero attached hydrogens (tertiary/aromatic N) is 1. The lowest BCUT2D eigenvalue weighted by Crippen LogP contribution is -2.46. The average Bonchev–Trinajstić information content (AvgIpc) is 2.70. The van der Waals surface area contributed by atoms with Crippen LogP contribution in [0.2, 0.25) is 10.0 Å². The van der Waals surface area contributed by atoms with Crippen LogP contribution in [0.3, 0.4) is 0 Å². The molecule has 6 nitrogen and oxygen atoms in total. The fraction of sp³-hybridized carbons (Fsp3) is 0.476. The number of carbonyl (C=O) groups excluding carboxylic acids is 2. The summed E-state index contributed by atoms with van der Waals surface area (Å²) < 4.78 is 0. The second-order valence-corrected chi connectivity index (χ2v) is 9.82. The Kier molecular flexibility index (Phi) is 9.07. The number of carboxylic acid groups (broad SMARTS) is 1. The van der Waals surface area contributed by atoms with E-state index in [9.17, 15) is 14.4 Å². The Balaban J connectivity index is 1.93. The maximum atomic E-state index is 12.5.